The molecule has 5 aromatic rings. The van der Waals surface area contributed by atoms with Crippen molar-refractivity contribution in [3.63, 3.8) is 0 Å². The van der Waals surface area contributed by atoms with Gasteiger partial charge in [-0.15, -0.1) is 0 Å². The lowest BCUT2D eigenvalue weighted by atomic mass is 9.93. The summed E-state index contributed by atoms with van der Waals surface area (Å²) in [6.45, 7) is 0.542. The maximum atomic E-state index is 15.5. The van der Waals surface area contributed by atoms with Crippen LogP contribution in [-0.4, -0.2) is 70.0 Å². The van der Waals surface area contributed by atoms with Gasteiger partial charge in [-0.1, -0.05) is 23.6 Å². The van der Waals surface area contributed by atoms with Crippen molar-refractivity contribution in [2.75, 3.05) is 11.0 Å². The van der Waals surface area contributed by atoms with E-state index in [-0.39, 0.29) is 61.8 Å². The molecule has 3 aliphatic rings. The number of anilines is 1. The highest BCUT2D eigenvalue weighted by molar-refractivity contribution is 7.93. The molecule has 0 saturated heterocycles. The van der Waals surface area contributed by atoms with E-state index < -0.39 is 115 Å². The van der Waals surface area contributed by atoms with Gasteiger partial charge in [0.1, 0.15) is 46.6 Å². The maximum absolute atomic E-state index is 15.5. The summed E-state index contributed by atoms with van der Waals surface area (Å²) in [5.41, 5.74) is -2.62. The zero-order chi connectivity index (χ0) is 46.4. The number of aromatic nitrogens is 5. The Morgan fingerprint density at radius 2 is 1.64 bits per heavy atom. The predicted molar refractivity (Wildman–Crippen MR) is 218 cm³/mol. The van der Waals surface area contributed by atoms with Crippen LogP contribution >= 0.6 is 11.6 Å². The summed E-state index contributed by atoms with van der Waals surface area (Å²) in [5.74, 6) is -3.94. The molecule has 3 heterocycles. The van der Waals surface area contributed by atoms with Crippen molar-refractivity contribution in [2.45, 2.75) is 93.4 Å². The molecule has 2 aromatic carbocycles. The second-order valence-corrected chi connectivity index (χ2v) is 21.5. The molecule has 0 unspecified atom stereocenters. The summed E-state index contributed by atoms with van der Waals surface area (Å²) in [4.78, 5) is 18.7. The zero-order valence-electron chi connectivity index (χ0n) is 33.7. The Kier molecular flexibility index (Phi) is 11.3. The monoisotopic (exact) mass is 957 g/mol. The van der Waals surface area contributed by atoms with Crippen molar-refractivity contribution in [3.05, 3.63) is 93.0 Å². The Balaban J connectivity index is 1.31. The van der Waals surface area contributed by atoms with Gasteiger partial charge in [0.2, 0.25) is 15.9 Å². The zero-order valence-corrected chi connectivity index (χ0v) is 36.1. The number of nitrogens with one attached hydrogen (secondary N) is 2. The largest absolute Gasteiger partial charge is 0.346 e. The minimum Gasteiger partial charge on any atom is -0.346 e. The molecule has 23 heteroatoms. The van der Waals surface area contributed by atoms with Gasteiger partial charge in [-0.05, 0) is 87.3 Å². The molecule has 2 saturated carbocycles. The van der Waals surface area contributed by atoms with Crippen LogP contribution in [0.25, 0.3) is 22.0 Å². The smallest absolute Gasteiger partial charge is 0.293 e. The van der Waals surface area contributed by atoms with Crippen LogP contribution in [-0.2, 0) is 50.1 Å². The molecule has 2 N–H and O–H groups in total. The number of amides is 1. The van der Waals surface area contributed by atoms with E-state index in [1.165, 1.54) is 38.1 Å². The second-order valence-electron chi connectivity index (χ2n) is 16.5. The van der Waals surface area contributed by atoms with Gasteiger partial charge in [0.25, 0.3) is 18.8 Å². The second kappa shape index (κ2) is 16.0. The van der Waals surface area contributed by atoms with E-state index in [0.717, 1.165) is 23.1 Å². The van der Waals surface area contributed by atoms with Crippen LogP contribution < -0.4 is 10.0 Å². The number of hydrogen-bond acceptors (Lipinski definition) is 8. The molecule has 340 valence electrons. The van der Waals surface area contributed by atoms with E-state index in [2.05, 4.69) is 37.1 Å². The number of halogens is 9. The highest BCUT2D eigenvalue weighted by Gasteiger charge is 2.67. The molecule has 1 amide bonds. The Bertz CT molecular complexity index is 3020. The van der Waals surface area contributed by atoms with Crippen molar-refractivity contribution in [3.8, 4) is 23.0 Å². The standard InChI is InChI=1S/C41H36ClF8N7O5S2/c1-40(2,63(3,59)60)11-10-22-4-7-24(25-8-9-28(42)33-36(25)56(17-30(45)46)54-39(33)55-64(61,62)23-5-6-23)34(51-22)29(14-19-12-20(43)15-21(44)13-19)52-31(58)18-57-37-32(35(53-57)38(47)48)26-16-27(26)41(37,49)50/h4,7-9,12-13,15,23,26-27,29-30,38H,5-6,14,16-18H2,1-3H3,(H,52,58)(H,54,55)/t26-,27+,29-/m1/s1. The molecule has 0 bridgehead atoms. The molecule has 12 nitrogen and oxygen atoms in total. The van der Waals surface area contributed by atoms with Gasteiger partial charge >= 0.3 is 0 Å². The van der Waals surface area contributed by atoms with E-state index >= 15 is 8.78 Å². The van der Waals surface area contributed by atoms with E-state index in [9.17, 15) is 48.0 Å². The molecule has 8 rings (SSSR count). The first kappa shape index (κ1) is 45.3. The van der Waals surface area contributed by atoms with Crippen LogP contribution in [0.2, 0.25) is 5.02 Å². The predicted octanol–water partition coefficient (Wildman–Crippen LogP) is 7.82. The number of alkyl halides is 6. The number of sulfonamides is 1. The number of carbonyl (C=O) groups excluding carboxylic acids is 1. The first-order valence-corrected chi connectivity index (χ1v) is 23.4. The van der Waals surface area contributed by atoms with Gasteiger partial charge in [0, 0.05) is 34.9 Å². The van der Waals surface area contributed by atoms with Crippen molar-refractivity contribution < 1.29 is 56.8 Å². The summed E-state index contributed by atoms with van der Waals surface area (Å²) in [6, 6.07) is 6.26. The quantitative estimate of drug-likeness (QED) is 0.0843. The third-order valence-corrected chi connectivity index (χ3v) is 15.6. The van der Waals surface area contributed by atoms with Crippen molar-refractivity contribution >= 4 is 54.1 Å². The maximum Gasteiger partial charge on any atom is 0.293 e. The number of pyridine rings is 1. The third-order valence-electron chi connectivity index (χ3n) is 11.5. The van der Waals surface area contributed by atoms with Crippen LogP contribution in [0.4, 0.5) is 40.9 Å². The van der Waals surface area contributed by atoms with Gasteiger partial charge in [-0.3, -0.25) is 18.9 Å². The van der Waals surface area contributed by atoms with Crippen molar-refractivity contribution in [1.29, 1.82) is 0 Å². The molecule has 2 fully saturated rings. The topological polar surface area (TPSA) is 158 Å². The lowest BCUT2D eigenvalue weighted by molar-refractivity contribution is -0.123. The summed E-state index contributed by atoms with van der Waals surface area (Å²) in [5, 5.41) is 9.50. The lowest BCUT2D eigenvalue weighted by Crippen LogP contribution is -2.35. The van der Waals surface area contributed by atoms with Crippen molar-refractivity contribution in [2.24, 2.45) is 5.92 Å². The minimum absolute atomic E-state index is 0.00429. The van der Waals surface area contributed by atoms with Crippen LogP contribution in [0.1, 0.15) is 85.4 Å². The fourth-order valence-corrected chi connectivity index (χ4v) is 9.72. The molecular formula is C41H36ClF8N7O5S2. The summed E-state index contributed by atoms with van der Waals surface area (Å²) in [6.07, 6.45) is -5.19. The SMILES string of the molecule is CC(C)(C#Cc1ccc(-c2ccc(Cl)c3c(NS(=O)(=O)C4CC4)nn(CC(F)F)c23)c([C@@H](Cc2cc(F)cc(F)c2)NC(=O)Cn2nc(C(F)F)c3c2C(F)(F)[C@H]2C[C@@H]32)n1)S(C)(=O)=O. The summed E-state index contributed by atoms with van der Waals surface area (Å²) >= 11 is 6.62. The highest BCUT2D eigenvalue weighted by atomic mass is 35.5. The van der Waals surface area contributed by atoms with Gasteiger partial charge in [0.15, 0.2) is 15.7 Å². The average molecular weight is 958 g/mol. The van der Waals surface area contributed by atoms with Crippen molar-refractivity contribution in [1.82, 2.24) is 29.9 Å². The van der Waals surface area contributed by atoms with Gasteiger partial charge < -0.3 is 5.32 Å². The van der Waals surface area contributed by atoms with E-state index in [1.807, 2.05) is 0 Å². The van der Waals surface area contributed by atoms with Crippen LogP contribution in [0.3, 0.4) is 0 Å². The number of benzene rings is 2. The molecule has 3 atom stereocenters. The minimum atomic E-state index is -4.04. The average Bonchev–Trinajstić information content (AvgIpc) is 4.10. The van der Waals surface area contributed by atoms with Gasteiger partial charge in [0.05, 0.1) is 32.9 Å². The number of nitrogens with zero attached hydrogens (tertiary/aromatic N) is 5. The lowest BCUT2D eigenvalue weighted by Gasteiger charge is -2.23. The van der Waals surface area contributed by atoms with E-state index in [0.29, 0.717) is 23.6 Å². The number of carbonyl (C=O) groups is 1. The Morgan fingerprint density at radius 3 is 2.27 bits per heavy atom. The van der Waals surface area contributed by atoms with Crippen LogP contribution in [0.15, 0.2) is 42.5 Å². The normalized spacial score (nSPS) is 18.5. The van der Waals surface area contributed by atoms with Crippen LogP contribution in [0.5, 0.6) is 0 Å². The van der Waals surface area contributed by atoms with E-state index in [1.54, 1.807) is 0 Å². The number of fused-ring (bicyclic) bond motifs is 4. The highest BCUT2D eigenvalue weighted by Crippen LogP contribution is 2.68. The molecule has 0 aliphatic heterocycles. The molecule has 0 spiro atoms. The molecule has 0 radical (unpaired) electrons. The third kappa shape index (κ3) is 8.53. The van der Waals surface area contributed by atoms with Crippen LogP contribution in [0, 0.1) is 29.4 Å². The number of rotatable bonds is 14. The molecular weight excluding hydrogens is 922 g/mol. The van der Waals surface area contributed by atoms with Gasteiger partial charge in [-0.2, -0.15) is 19.0 Å². The first-order chi connectivity index (χ1) is 29.9. The summed E-state index contributed by atoms with van der Waals surface area (Å²) < 4.78 is 170. The number of sulfone groups is 1. The fraction of sp³-hybridized carbons (Fsp3) is 0.415. The molecule has 3 aromatic heterocycles. The van der Waals surface area contributed by atoms with E-state index in [4.69, 9.17) is 11.6 Å². The Hall–Kier alpha value is -5.27. The Labute approximate surface area is 365 Å². The Morgan fingerprint density at radius 1 is 0.969 bits per heavy atom. The number of hydrogen-bond donors (Lipinski definition) is 2. The summed E-state index contributed by atoms with van der Waals surface area (Å²) in [7, 11) is -7.83. The molecule has 64 heavy (non-hydrogen) atoms. The first-order valence-electron chi connectivity index (χ1n) is 19.6. The fourth-order valence-electron chi connectivity index (χ4n) is 7.91. The molecule has 3 aliphatic carbocycles. The van der Waals surface area contributed by atoms with Gasteiger partial charge in [-0.25, -0.2) is 48.2 Å².